The Balaban J connectivity index is 1.22. The van der Waals surface area contributed by atoms with Crippen molar-refractivity contribution in [2.45, 2.75) is 50.2 Å². The van der Waals surface area contributed by atoms with Gasteiger partial charge in [0.2, 0.25) is 5.91 Å². The number of carbonyl (C=O) groups is 1. The van der Waals surface area contributed by atoms with Gasteiger partial charge in [-0.1, -0.05) is 31.8 Å². The van der Waals surface area contributed by atoms with E-state index in [2.05, 4.69) is 60.2 Å². The molecule has 0 bridgehead atoms. The van der Waals surface area contributed by atoms with Gasteiger partial charge in [-0.2, -0.15) is 5.10 Å². The van der Waals surface area contributed by atoms with E-state index >= 15 is 0 Å². The molecular weight excluding hydrogens is 558 g/mol. The van der Waals surface area contributed by atoms with Gasteiger partial charge in [0.1, 0.15) is 24.0 Å². The molecule has 10 heteroatoms. The summed E-state index contributed by atoms with van der Waals surface area (Å²) in [6.07, 6.45) is 2.69. The first-order valence-corrected chi connectivity index (χ1v) is 18.8. The maximum Gasteiger partial charge on any atom is 0.235 e. The maximum absolute atomic E-state index is 13.3. The third-order valence-corrected chi connectivity index (χ3v) is 10.8. The quantitative estimate of drug-likeness (QED) is 0.197. The van der Waals surface area contributed by atoms with Crippen LogP contribution in [0.1, 0.15) is 23.5 Å². The van der Waals surface area contributed by atoms with Gasteiger partial charge in [0.15, 0.2) is 0 Å². The summed E-state index contributed by atoms with van der Waals surface area (Å²) in [4.78, 5) is 20.3. The third kappa shape index (κ3) is 5.11. The van der Waals surface area contributed by atoms with Crippen LogP contribution in [0.4, 0.5) is 11.5 Å². The Morgan fingerprint density at radius 1 is 1.09 bits per heavy atom. The van der Waals surface area contributed by atoms with Gasteiger partial charge in [0.25, 0.3) is 0 Å². The number of morpholine rings is 1. The van der Waals surface area contributed by atoms with Crippen LogP contribution in [0, 0.1) is 0 Å². The summed E-state index contributed by atoms with van der Waals surface area (Å²) in [5.41, 5.74) is 5.34. The molecule has 1 saturated carbocycles. The number of rotatable bonds is 9. The molecule has 2 aromatic heterocycles. The number of nitrogens with zero attached hydrogens (tertiary/aromatic N) is 4. The van der Waals surface area contributed by atoms with Gasteiger partial charge in [-0.05, 0) is 60.0 Å². The lowest BCUT2D eigenvalue weighted by Gasteiger charge is -2.27. The second-order valence-electron chi connectivity index (χ2n) is 13.1. The Labute approximate surface area is 253 Å². The lowest BCUT2D eigenvalue weighted by atomic mass is 9.91. The average molecular weight is 598 g/mol. The van der Waals surface area contributed by atoms with E-state index in [1.54, 1.807) is 7.11 Å². The predicted octanol–water partition coefficient (Wildman–Crippen LogP) is 5.63. The van der Waals surface area contributed by atoms with Crippen molar-refractivity contribution in [1.29, 1.82) is 0 Å². The molecule has 43 heavy (non-hydrogen) atoms. The number of ether oxygens (including phenoxy) is 3. The second kappa shape index (κ2) is 10.8. The summed E-state index contributed by atoms with van der Waals surface area (Å²) in [6, 6.07) is 17.6. The van der Waals surface area contributed by atoms with Crippen LogP contribution in [0.3, 0.4) is 0 Å². The Hall–Kier alpha value is -3.73. The fraction of sp³-hybridized carbons (Fsp3) is 0.424. The minimum Gasteiger partial charge on any atom is -0.497 e. The summed E-state index contributed by atoms with van der Waals surface area (Å²) < 4.78 is 19.1. The number of anilines is 2. The molecule has 224 valence electrons. The van der Waals surface area contributed by atoms with Crippen LogP contribution in [0.5, 0.6) is 5.75 Å². The number of pyridine rings is 1. The molecule has 1 spiro atoms. The molecule has 7 rings (SSSR count). The molecule has 4 aromatic rings. The van der Waals surface area contributed by atoms with E-state index in [1.807, 2.05) is 29.1 Å². The van der Waals surface area contributed by atoms with Crippen molar-refractivity contribution in [1.82, 2.24) is 14.8 Å². The van der Waals surface area contributed by atoms with Crippen LogP contribution < -0.4 is 15.0 Å². The molecule has 1 aliphatic carbocycles. The monoisotopic (exact) mass is 597 g/mol. The standard InChI is InChI=1S/C33H39N5O4Si/c1-40-24-7-9-28-26(18-24)33(32(39)35-28)19-27(33)22-5-8-25-29(17-22)38(21-42-15-16-43(2,3)4)36-31(25)23-6-10-30(34-20-23)37-11-13-41-14-12-37/h5-10,17-18,20,27H,11-16,19,21H2,1-4H3,(H,35,39). The number of fused-ring (bicyclic) bond motifs is 3. The van der Waals surface area contributed by atoms with Crippen LogP contribution in [-0.2, 0) is 26.4 Å². The van der Waals surface area contributed by atoms with Gasteiger partial charge in [-0.3, -0.25) is 4.79 Å². The number of carbonyl (C=O) groups excluding carboxylic acids is 1. The van der Waals surface area contributed by atoms with Crippen molar-refractivity contribution in [2.75, 3.05) is 50.2 Å². The molecule has 2 aliphatic heterocycles. The van der Waals surface area contributed by atoms with Crippen molar-refractivity contribution in [2.24, 2.45) is 0 Å². The first kappa shape index (κ1) is 28.1. The molecule has 1 amide bonds. The second-order valence-corrected chi connectivity index (χ2v) is 18.7. The molecule has 2 fully saturated rings. The molecule has 9 nitrogen and oxygen atoms in total. The number of nitrogens with one attached hydrogen (secondary N) is 1. The molecule has 3 aliphatic rings. The fourth-order valence-corrected chi connectivity index (χ4v) is 7.21. The van der Waals surface area contributed by atoms with Gasteiger partial charge < -0.3 is 24.4 Å². The third-order valence-electron chi connectivity index (χ3n) is 9.07. The van der Waals surface area contributed by atoms with E-state index in [1.165, 1.54) is 0 Å². The highest BCUT2D eigenvalue weighted by molar-refractivity contribution is 6.76. The maximum atomic E-state index is 13.3. The summed E-state index contributed by atoms with van der Waals surface area (Å²) >= 11 is 0. The topological polar surface area (TPSA) is 90.7 Å². The summed E-state index contributed by atoms with van der Waals surface area (Å²) in [7, 11) is 0.445. The van der Waals surface area contributed by atoms with Crippen LogP contribution in [-0.4, -0.2) is 68.8 Å². The Bertz CT molecular complexity index is 1680. The van der Waals surface area contributed by atoms with Crippen molar-refractivity contribution in [3.8, 4) is 17.0 Å². The number of benzene rings is 2. The number of hydrogen-bond acceptors (Lipinski definition) is 7. The number of amides is 1. The Kier molecular flexibility index (Phi) is 7.02. The van der Waals surface area contributed by atoms with Crippen molar-refractivity contribution in [3.63, 3.8) is 0 Å². The first-order valence-electron chi connectivity index (χ1n) is 15.1. The zero-order valence-electron chi connectivity index (χ0n) is 25.4. The molecule has 2 aromatic carbocycles. The number of aromatic nitrogens is 3. The molecule has 4 heterocycles. The zero-order chi connectivity index (χ0) is 29.8. The van der Waals surface area contributed by atoms with E-state index in [-0.39, 0.29) is 11.8 Å². The van der Waals surface area contributed by atoms with E-state index < -0.39 is 13.5 Å². The normalized spacial score (nSPS) is 21.3. The van der Waals surface area contributed by atoms with Gasteiger partial charge >= 0.3 is 0 Å². The summed E-state index contributed by atoms with van der Waals surface area (Å²) in [6.45, 7) is 11.3. The Morgan fingerprint density at radius 2 is 1.93 bits per heavy atom. The highest BCUT2D eigenvalue weighted by Gasteiger charge is 2.65. The van der Waals surface area contributed by atoms with Gasteiger partial charge in [0, 0.05) is 56.5 Å². The lowest BCUT2D eigenvalue weighted by molar-refractivity contribution is -0.118. The zero-order valence-corrected chi connectivity index (χ0v) is 26.4. The summed E-state index contributed by atoms with van der Waals surface area (Å²) in [5.74, 6) is 1.87. The minimum absolute atomic E-state index is 0.0659. The van der Waals surface area contributed by atoms with Gasteiger partial charge in [-0.15, -0.1) is 0 Å². The molecular formula is C33H39N5O4Si. The SMILES string of the molecule is COc1ccc2c(c1)C1(CC1c1ccc3c(-c4ccc(N5CCOCC5)nc4)nn(COCC[Si](C)(C)C)c3c1)C(=O)N2. The van der Waals surface area contributed by atoms with Crippen LogP contribution in [0.2, 0.25) is 25.7 Å². The average Bonchev–Trinajstić information content (AvgIpc) is 3.59. The largest absolute Gasteiger partial charge is 0.497 e. The fourth-order valence-electron chi connectivity index (χ4n) is 6.45. The van der Waals surface area contributed by atoms with E-state index in [9.17, 15) is 4.79 Å². The van der Waals surface area contributed by atoms with Gasteiger partial charge in [-0.25, -0.2) is 9.67 Å². The Morgan fingerprint density at radius 3 is 2.67 bits per heavy atom. The molecule has 0 radical (unpaired) electrons. The van der Waals surface area contributed by atoms with E-state index in [4.69, 9.17) is 24.3 Å². The van der Waals surface area contributed by atoms with Gasteiger partial charge in [0.05, 0.1) is 31.3 Å². The predicted molar refractivity (Wildman–Crippen MR) is 171 cm³/mol. The minimum atomic E-state index is -1.21. The van der Waals surface area contributed by atoms with E-state index in [0.29, 0.717) is 13.3 Å². The first-order chi connectivity index (χ1) is 20.8. The van der Waals surface area contributed by atoms with Crippen LogP contribution >= 0.6 is 0 Å². The van der Waals surface area contributed by atoms with Crippen LogP contribution in [0.15, 0.2) is 54.7 Å². The lowest BCUT2D eigenvalue weighted by Crippen LogP contribution is -2.36. The molecule has 1 N–H and O–H groups in total. The molecule has 2 atom stereocenters. The van der Waals surface area contributed by atoms with E-state index in [0.717, 1.165) is 89.3 Å². The summed E-state index contributed by atoms with van der Waals surface area (Å²) in [5, 5.41) is 9.20. The van der Waals surface area contributed by atoms with Crippen molar-refractivity contribution >= 4 is 36.4 Å². The molecule has 1 saturated heterocycles. The highest BCUT2D eigenvalue weighted by Crippen LogP contribution is 2.65. The van der Waals surface area contributed by atoms with Crippen molar-refractivity contribution in [3.05, 3.63) is 65.9 Å². The van der Waals surface area contributed by atoms with Crippen molar-refractivity contribution < 1.29 is 19.0 Å². The number of methoxy groups -OCH3 is 1. The smallest absolute Gasteiger partial charge is 0.235 e. The number of hydrogen-bond donors (Lipinski definition) is 1. The molecule has 2 unspecified atom stereocenters. The highest BCUT2D eigenvalue weighted by atomic mass is 28.3. The van der Waals surface area contributed by atoms with Crippen LogP contribution in [0.25, 0.3) is 22.2 Å².